The average Bonchev–Trinajstić information content (AvgIpc) is 2.87. The maximum atomic E-state index is 6.18. The molecule has 1 aliphatic carbocycles. The molecule has 2 fully saturated rings. The Morgan fingerprint density at radius 1 is 1.29 bits per heavy atom. The van der Waals surface area contributed by atoms with Crippen molar-refractivity contribution in [2.75, 3.05) is 13.2 Å². The zero-order chi connectivity index (χ0) is 14.7. The molecule has 2 aliphatic rings. The standard InChI is InChI=1S/C19H29NO/c1-3-13-20-18(19(2)12-7-14-21-19)17-11-5-4-10-16(17)15-8-6-9-15/h4-5,10-11,15,18,20H,3,6-9,12-14H2,1-2H3. The molecule has 116 valence electrons. The van der Waals surface area contributed by atoms with E-state index in [1.165, 1.54) is 31.2 Å². The van der Waals surface area contributed by atoms with Crippen LogP contribution in [0.3, 0.4) is 0 Å². The molecule has 0 radical (unpaired) electrons. The van der Waals surface area contributed by atoms with Gasteiger partial charge < -0.3 is 10.1 Å². The van der Waals surface area contributed by atoms with Gasteiger partial charge in [-0.1, -0.05) is 37.6 Å². The first-order valence-electron chi connectivity index (χ1n) is 8.71. The van der Waals surface area contributed by atoms with Crippen LogP contribution >= 0.6 is 0 Å². The van der Waals surface area contributed by atoms with Crippen molar-refractivity contribution in [3.8, 4) is 0 Å². The third-order valence-corrected chi connectivity index (χ3v) is 5.31. The number of hydrogen-bond acceptors (Lipinski definition) is 2. The van der Waals surface area contributed by atoms with E-state index in [2.05, 4.69) is 43.4 Å². The van der Waals surface area contributed by atoms with Crippen molar-refractivity contribution < 1.29 is 4.74 Å². The van der Waals surface area contributed by atoms with Crippen molar-refractivity contribution in [1.82, 2.24) is 5.32 Å². The van der Waals surface area contributed by atoms with Gasteiger partial charge in [0.05, 0.1) is 11.6 Å². The maximum Gasteiger partial charge on any atom is 0.0849 e. The lowest BCUT2D eigenvalue weighted by atomic mass is 9.75. The molecule has 0 spiro atoms. The minimum Gasteiger partial charge on any atom is -0.373 e. The molecule has 0 aromatic heterocycles. The molecule has 2 atom stereocenters. The molecular formula is C19H29NO. The van der Waals surface area contributed by atoms with Gasteiger partial charge in [0.15, 0.2) is 0 Å². The molecule has 1 saturated heterocycles. The molecule has 1 aromatic carbocycles. The molecule has 1 aliphatic heterocycles. The van der Waals surface area contributed by atoms with Crippen LogP contribution in [0.2, 0.25) is 0 Å². The minimum atomic E-state index is -0.0466. The number of hydrogen-bond donors (Lipinski definition) is 1. The van der Waals surface area contributed by atoms with E-state index in [4.69, 9.17) is 4.74 Å². The summed E-state index contributed by atoms with van der Waals surface area (Å²) in [7, 11) is 0. The molecule has 2 heteroatoms. The summed E-state index contributed by atoms with van der Waals surface area (Å²) in [5, 5.41) is 3.79. The molecule has 21 heavy (non-hydrogen) atoms. The van der Waals surface area contributed by atoms with E-state index in [-0.39, 0.29) is 5.60 Å². The number of nitrogens with one attached hydrogen (secondary N) is 1. The fourth-order valence-electron chi connectivity index (χ4n) is 3.84. The largest absolute Gasteiger partial charge is 0.373 e. The van der Waals surface area contributed by atoms with E-state index in [0.29, 0.717) is 6.04 Å². The Bertz CT molecular complexity index is 460. The lowest BCUT2D eigenvalue weighted by molar-refractivity contribution is -0.0128. The summed E-state index contributed by atoms with van der Waals surface area (Å²) in [4.78, 5) is 0. The zero-order valence-electron chi connectivity index (χ0n) is 13.5. The van der Waals surface area contributed by atoms with E-state index in [9.17, 15) is 0 Å². The topological polar surface area (TPSA) is 21.3 Å². The van der Waals surface area contributed by atoms with Crippen LogP contribution in [0.25, 0.3) is 0 Å². The van der Waals surface area contributed by atoms with E-state index in [1.54, 1.807) is 5.56 Å². The van der Waals surface area contributed by atoms with Crippen LogP contribution in [-0.2, 0) is 4.74 Å². The first kappa shape index (κ1) is 15.1. The quantitative estimate of drug-likeness (QED) is 0.828. The lowest BCUT2D eigenvalue weighted by Crippen LogP contribution is -2.42. The van der Waals surface area contributed by atoms with Gasteiger partial charge in [-0.25, -0.2) is 0 Å². The van der Waals surface area contributed by atoms with Gasteiger partial charge in [0, 0.05) is 6.61 Å². The zero-order valence-corrected chi connectivity index (χ0v) is 13.5. The van der Waals surface area contributed by atoms with Crippen LogP contribution in [0.1, 0.15) is 75.5 Å². The second-order valence-electron chi connectivity index (χ2n) is 6.91. The van der Waals surface area contributed by atoms with Crippen LogP contribution in [-0.4, -0.2) is 18.8 Å². The van der Waals surface area contributed by atoms with Crippen LogP contribution in [0.4, 0.5) is 0 Å². The Kier molecular flexibility index (Phi) is 4.66. The fraction of sp³-hybridized carbons (Fsp3) is 0.684. The van der Waals surface area contributed by atoms with Crippen LogP contribution < -0.4 is 5.32 Å². The maximum absolute atomic E-state index is 6.18. The fourth-order valence-corrected chi connectivity index (χ4v) is 3.84. The van der Waals surface area contributed by atoms with Gasteiger partial charge in [-0.3, -0.25) is 0 Å². The summed E-state index contributed by atoms with van der Waals surface area (Å²) in [5.41, 5.74) is 3.00. The predicted octanol–water partition coefficient (Wildman–Crippen LogP) is 4.56. The van der Waals surface area contributed by atoms with Gasteiger partial charge in [0.2, 0.25) is 0 Å². The molecular weight excluding hydrogens is 258 g/mol. The van der Waals surface area contributed by atoms with Gasteiger partial charge in [-0.15, -0.1) is 0 Å². The molecule has 3 rings (SSSR count). The van der Waals surface area contributed by atoms with Crippen molar-refractivity contribution in [1.29, 1.82) is 0 Å². The predicted molar refractivity (Wildman–Crippen MR) is 87.7 cm³/mol. The Hall–Kier alpha value is -0.860. The highest BCUT2D eigenvalue weighted by molar-refractivity contribution is 5.36. The van der Waals surface area contributed by atoms with Gasteiger partial charge >= 0.3 is 0 Å². The summed E-state index contributed by atoms with van der Waals surface area (Å²) in [6.07, 6.45) is 7.61. The number of rotatable bonds is 6. The van der Waals surface area contributed by atoms with Crippen molar-refractivity contribution in [3.05, 3.63) is 35.4 Å². The van der Waals surface area contributed by atoms with Gasteiger partial charge in [0.1, 0.15) is 0 Å². The highest BCUT2D eigenvalue weighted by Crippen LogP contribution is 2.44. The SMILES string of the molecule is CCCNC(c1ccccc1C1CCC1)C1(C)CCCO1. The van der Waals surface area contributed by atoms with E-state index >= 15 is 0 Å². The van der Waals surface area contributed by atoms with Gasteiger partial charge in [0.25, 0.3) is 0 Å². The normalized spacial score (nSPS) is 27.5. The Labute approximate surface area is 129 Å². The highest BCUT2D eigenvalue weighted by Gasteiger charge is 2.40. The summed E-state index contributed by atoms with van der Waals surface area (Å²) < 4.78 is 6.18. The Balaban J connectivity index is 1.91. The van der Waals surface area contributed by atoms with Crippen molar-refractivity contribution in [2.24, 2.45) is 0 Å². The molecule has 0 amide bonds. The third kappa shape index (κ3) is 3.02. The highest BCUT2D eigenvalue weighted by atomic mass is 16.5. The Morgan fingerprint density at radius 3 is 2.71 bits per heavy atom. The molecule has 0 bridgehead atoms. The summed E-state index contributed by atoms with van der Waals surface area (Å²) in [6, 6.07) is 9.39. The van der Waals surface area contributed by atoms with E-state index in [1.807, 2.05) is 0 Å². The summed E-state index contributed by atoms with van der Waals surface area (Å²) in [5.74, 6) is 0.775. The molecule has 2 nitrogen and oxygen atoms in total. The Morgan fingerprint density at radius 2 is 2.10 bits per heavy atom. The molecule has 2 unspecified atom stereocenters. The van der Waals surface area contributed by atoms with Crippen LogP contribution in [0.5, 0.6) is 0 Å². The number of benzene rings is 1. The van der Waals surface area contributed by atoms with E-state index < -0.39 is 0 Å². The number of ether oxygens (including phenoxy) is 1. The van der Waals surface area contributed by atoms with Crippen molar-refractivity contribution in [3.63, 3.8) is 0 Å². The minimum absolute atomic E-state index is 0.0466. The monoisotopic (exact) mass is 287 g/mol. The van der Waals surface area contributed by atoms with Gasteiger partial charge in [-0.2, -0.15) is 0 Å². The van der Waals surface area contributed by atoms with Crippen LogP contribution in [0, 0.1) is 0 Å². The lowest BCUT2D eigenvalue weighted by Gasteiger charge is -2.38. The molecule has 1 saturated carbocycles. The van der Waals surface area contributed by atoms with Crippen molar-refractivity contribution in [2.45, 2.75) is 69.9 Å². The van der Waals surface area contributed by atoms with Gasteiger partial charge in [-0.05, 0) is 62.6 Å². The molecule has 1 N–H and O–H groups in total. The third-order valence-electron chi connectivity index (χ3n) is 5.31. The molecule has 1 aromatic rings. The average molecular weight is 287 g/mol. The summed E-state index contributed by atoms with van der Waals surface area (Å²) >= 11 is 0. The second kappa shape index (κ2) is 6.50. The summed E-state index contributed by atoms with van der Waals surface area (Å²) in [6.45, 7) is 6.50. The van der Waals surface area contributed by atoms with E-state index in [0.717, 1.165) is 31.9 Å². The van der Waals surface area contributed by atoms with Crippen molar-refractivity contribution >= 4 is 0 Å². The first-order chi connectivity index (χ1) is 10.2. The first-order valence-corrected chi connectivity index (χ1v) is 8.71. The molecule has 1 heterocycles. The van der Waals surface area contributed by atoms with Crippen LogP contribution in [0.15, 0.2) is 24.3 Å². The second-order valence-corrected chi connectivity index (χ2v) is 6.91. The smallest absolute Gasteiger partial charge is 0.0849 e.